The molecule has 0 aromatic carbocycles. The molecule has 1 heterocycles. The average molecular weight is 228 g/mol. The Bertz CT molecular complexity index is 169. The molecule has 0 bridgehead atoms. The Balaban J connectivity index is 2.11. The first-order chi connectivity index (χ1) is 7.72. The number of hydrogen-bond acceptors (Lipinski definition) is 3. The zero-order chi connectivity index (χ0) is 11.8. The molecule has 0 saturated carbocycles. The van der Waals surface area contributed by atoms with Crippen molar-refractivity contribution in [3.8, 4) is 0 Å². The maximum atomic E-state index is 5.53. The second-order valence-corrected chi connectivity index (χ2v) is 5.34. The van der Waals surface area contributed by atoms with Crippen LogP contribution in [-0.4, -0.2) is 44.8 Å². The number of rotatable bonds is 7. The van der Waals surface area contributed by atoms with Gasteiger partial charge in [-0.3, -0.25) is 0 Å². The normalized spacial score (nSPS) is 23.6. The number of ether oxygens (including phenoxy) is 1. The lowest BCUT2D eigenvalue weighted by Crippen LogP contribution is -2.33. The molecule has 1 saturated heterocycles. The van der Waals surface area contributed by atoms with Crippen LogP contribution in [0, 0.1) is 11.8 Å². The van der Waals surface area contributed by atoms with Gasteiger partial charge in [0.15, 0.2) is 0 Å². The highest BCUT2D eigenvalue weighted by molar-refractivity contribution is 4.68. The summed E-state index contributed by atoms with van der Waals surface area (Å²) in [5.41, 5.74) is 5.53. The molecule has 0 amide bonds. The van der Waals surface area contributed by atoms with E-state index in [4.69, 9.17) is 10.5 Å². The Morgan fingerprint density at radius 2 is 2.31 bits per heavy atom. The van der Waals surface area contributed by atoms with Crippen molar-refractivity contribution in [2.24, 2.45) is 17.6 Å². The van der Waals surface area contributed by atoms with Gasteiger partial charge in [-0.2, -0.15) is 0 Å². The van der Waals surface area contributed by atoms with Gasteiger partial charge < -0.3 is 15.4 Å². The van der Waals surface area contributed by atoms with Gasteiger partial charge in [-0.15, -0.1) is 0 Å². The summed E-state index contributed by atoms with van der Waals surface area (Å²) in [6, 6.07) is 0. The minimum absolute atomic E-state index is 0.750. The molecule has 2 unspecified atom stereocenters. The molecule has 96 valence electrons. The van der Waals surface area contributed by atoms with E-state index in [2.05, 4.69) is 18.9 Å². The maximum absolute atomic E-state index is 5.53. The van der Waals surface area contributed by atoms with E-state index in [0.29, 0.717) is 0 Å². The first kappa shape index (κ1) is 13.9. The third-order valence-corrected chi connectivity index (χ3v) is 3.35. The van der Waals surface area contributed by atoms with E-state index in [1.54, 1.807) is 0 Å². The SMILES string of the molecule is CC(CCCN)CN(C)CC1CCCOC1. The van der Waals surface area contributed by atoms with Gasteiger partial charge in [0.05, 0.1) is 6.61 Å². The average Bonchev–Trinajstić information content (AvgIpc) is 2.27. The summed E-state index contributed by atoms with van der Waals surface area (Å²) < 4.78 is 5.51. The van der Waals surface area contributed by atoms with Crippen molar-refractivity contribution in [1.29, 1.82) is 0 Å². The molecule has 3 nitrogen and oxygen atoms in total. The zero-order valence-corrected chi connectivity index (χ0v) is 11.0. The fourth-order valence-corrected chi connectivity index (χ4v) is 2.56. The Morgan fingerprint density at radius 3 is 2.94 bits per heavy atom. The van der Waals surface area contributed by atoms with Crippen molar-refractivity contribution < 1.29 is 4.74 Å². The van der Waals surface area contributed by atoms with Crippen molar-refractivity contribution in [1.82, 2.24) is 4.90 Å². The highest BCUT2D eigenvalue weighted by Crippen LogP contribution is 2.15. The van der Waals surface area contributed by atoms with Gasteiger partial charge in [0.1, 0.15) is 0 Å². The van der Waals surface area contributed by atoms with Crippen LogP contribution in [-0.2, 0) is 4.74 Å². The molecular formula is C13H28N2O. The van der Waals surface area contributed by atoms with Crippen molar-refractivity contribution in [2.75, 3.05) is 39.9 Å². The lowest BCUT2D eigenvalue weighted by Gasteiger charge is -2.28. The van der Waals surface area contributed by atoms with Crippen LogP contribution < -0.4 is 5.73 Å². The Morgan fingerprint density at radius 1 is 1.50 bits per heavy atom. The lowest BCUT2D eigenvalue weighted by atomic mass is 10.0. The molecule has 2 N–H and O–H groups in total. The molecule has 16 heavy (non-hydrogen) atoms. The van der Waals surface area contributed by atoms with E-state index in [-0.39, 0.29) is 0 Å². The number of hydrogen-bond donors (Lipinski definition) is 1. The summed E-state index contributed by atoms with van der Waals surface area (Å²) in [6.07, 6.45) is 4.98. The second kappa shape index (κ2) is 8.04. The van der Waals surface area contributed by atoms with Crippen molar-refractivity contribution in [2.45, 2.75) is 32.6 Å². The van der Waals surface area contributed by atoms with Crippen LogP contribution in [0.2, 0.25) is 0 Å². The predicted octanol–water partition coefficient (Wildman–Crippen LogP) is 1.72. The number of nitrogens with two attached hydrogens (primary N) is 1. The van der Waals surface area contributed by atoms with Gasteiger partial charge in [0.25, 0.3) is 0 Å². The largest absolute Gasteiger partial charge is 0.381 e. The van der Waals surface area contributed by atoms with Crippen LogP contribution >= 0.6 is 0 Å². The first-order valence-electron chi connectivity index (χ1n) is 6.68. The van der Waals surface area contributed by atoms with E-state index >= 15 is 0 Å². The highest BCUT2D eigenvalue weighted by Gasteiger charge is 2.16. The summed E-state index contributed by atoms with van der Waals surface area (Å²) in [6.45, 7) is 7.45. The minimum atomic E-state index is 0.750. The van der Waals surface area contributed by atoms with Crippen LogP contribution in [0.4, 0.5) is 0 Å². The van der Waals surface area contributed by atoms with E-state index in [9.17, 15) is 0 Å². The van der Waals surface area contributed by atoms with Crippen molar-refractivity contribution in [3.63, 3.8) is 0 Å². The molecule has 0 aromatic rings. The van der Waals surface area contributed by atoms with E-state index < -0.39 is 0 Å². The molecule has 0 radical (unpaired) electrons. The van der Waals surface area contributed by atoms with Gasteiger partial charge in [-0.05, 0) is 51.1 Å². The molecule has 3 heteroatoms. The van der Waals surface area contributed by atoms with Crippen LogP contribution in [0.3, 0.4) is 0 Å². The Hall–Kier alpha value is -0.120. The smallest absolute Gasteiger partial charge is 0.0506 e. The van der Waals surface area contributed by atoms with E-state index in [1.165, 1.54) is 32.4 Å². The lowest BCUT2D eigenvalue weighted by molar-refractivity contribution is 0.0403. The molecule has 1 aliphatic rings. The van der Waals surface area contributed by atoms with E-state index in [1.807, 2.05) is 0 Å². The van der Waals surface area contributed by atoms with Crippen LogP contribution in [0.15, 0.2) is 0 Å². The standard InChI is InChI=1S/C13H28N2O/c1-12(5-3-7-14)9-15(2)10-13-6-4-8-16-11-13/h12-13H,3-11,14H2,1-2H3. The fraction of sp³-hybridized carbons (Fsp3) is 1.00. The van der Waals surface area contributed by atoms with E-state index in [0.717, 1.165) is 38.0 Å². The molecule has 0 spiro atoms. The third-order valence-electron chi connectivity index (χ3n) is 3.35. The fourth-order valence-electron chi connectivity index (χ4n) is 2.56. The van der Waals surface area contributed by atoms with Crippen molar-refractivity contribution >= 4 is 0 Å². The third kappa shape index (κ3) is 5.83. The molecule has 0 aromatic heterocycles. The zero-order valence-electron chi connectivity index (χ0n) is 11.0. The predicted molar refractivity (Wildman–Crippen MR) is 68.5 cm³/mol. The summed E-state index contributed by atoms with van der Waals surface area (Å²) in [7, 11) is 2.23. The first-order valence-corrected chi connectivity index (χ1v) is 6.68. The Labute approximate surface area is 100 Å². The van der Waals surface area contributed by atoms with Gasteiger partial charge in [-0.1, -0.05) is 6.92 Å². The topological polar surface area (TPSA) is 38.5 Å². The second-order valence-electron chi connectivity index (χ2n) is 5.34. The molecule has 0 aliphatic carbocycles. The summed E-state index contributed by atoms with van der Waals surface area (Å²) >= 11 is 0. The Kier molecular flexibility index (Phi) is 7.01. The highest BCUT2D eigenvalue weighted by atomic mass is 16.5. The summed E-state index contributed by atoms with van der Waals surface area (Å²) in [5, 5.41) is 0. The molecular weight excluding hydrogens is 200 g/mol. The van der Waals surface area contributed by atoms with Crippen LogP contribution in [0.1, 0.15) is 32.6 Å². The van der Waals surface area contributed by atoms with Crippen LogP contribution in [0.5, 0.6) is 0 Å². The van der Waals surface area contributed by atoms with Crippen LogP contribution in [0.25, 0.3) is 0 Å². The van der Waals surface area contributed by atoms with Gasteiger partial charge in [0.2, 0.25) is 0 Å². The van der Waals surface area contributed by atoms with Gasteiger partial charge in [0, 0.05) is 19.7 Å². The minimum Gasteiger partial charge on any atom is -0.381 e. The van der Waals surface area contributed by atoms with Crippen molar-refractivity contribution in [3.05, 3.63) is 0 Å². The molecule has 1 aliphatic heterocycles. The monoisotopic (exact) mass is 228 g/mol. The van der Waals surface area contributed by atoms with Gasteiger partial charge in [-0.25, -0.2) is 0 Å². The summed E-state index contributed by atoms with van der Waals surface area (Å²) in [4.78, 5) is 2.46. The molecule has 1 rings (SSSR count). The molecule has 2 atom stereocenters. The molecule has 1 fully saturated rings. The van der Waals surface area contributed by atoms with Gasteiger partial charge >= 0.3 is 0 Å². The summed E-state index contributed by atoms with van der Waals surface area (Å²) in [5.74, 6) is 1.51. The number of nitrogens with zero attached hydrogens (tertiary/aromatic N) is 1. The quantitative estimate of drug-likeness (QED) is 0.721. The maximum Gasteiger partial charge on any atom is 0.0506 e.